The van der Waals surface area contributed by atoms with Crippen LogP contribution in [0.25, 0.3) is 10.9 Å². The molecule has 0 unspecified atom stereocenters. The highest BCUT2D eigenvalue weighted by molar-refractivity contribution is 5.84. The molecule has 5 N–H and O–H groups in total. The summed E-state index contributed by atoms with van der Waals surface area (Å²) in [6.45, 7) is 18.2. The Bertz CT molecular complexity index is 1540. The number of aliphatic hydroxyl groups is 2. The minimum atomic E-state index is -0.864. The second-order valence-corrected chi connectivity index (χ2v) is 19.0. The first kappa shape index (κ1) is 34.5. The molecule has 1 aromatic carbocycles. The van der Waals surface area contributed by atoms with E-state index in [2.05, 4.69) is 52.6 Å². The summed E-state index contributed by atoms with van der Waals surface area (Å²) in [5.74, 6) is 0.937. The molecule has 0 radical (unpaired) electrons. The fourth-order valence-electron chi connectivity index (χ4n) is 13.1. The van der Waals surface area contributed by atoms with E-state index >= 15 is 0 Å². The topological polar surface area (TPSA) is 118 Å². The third-order valence-electron chi connectivity index (χ3n) is 15.9. The van der Waals surface area contributed by atoms with Gasteiger partial charge in [0, 0.05) is 28.9 Å². The third kappa shape index (κ3) is 4.98. The average molecular weight is 663 g/mol. The van der Waals surface area contributed by atoms with Gasteiger partial charge < -0.3 is 30.4 Å². The van der Waals surface area contributed by atoms with Crippen molar-refractivity contribution in [3.05, 3.63) is 36.0 Å². The molecule has 7 rings (SSSR count). The molecular formula is C41H62N2O5. The van der Waals surface area contributed by atoms with Gasteiger partial charge in [0.15, 0.2) is 0 Å². The maximum atomic E-state index is 13.5. The zero-order valence-corrected chi connectivity index (χ0v) is 30.8. The number of para-hydroxylation sites is 1. The molecule has 5 aliphatic rings. The predicted octanol–water partition coefficient (Wildman–Crippen LogP) is 7.31. The van der Waals surface area contributed by atoms with E-state index in [4.69, 9.17) is 15.2 Å². The molecule has 5 fully saturated rings. The quantitative estimate of drug-likeness (QED) is 0.241. The Hall–Kier alpha value is -1.93. The number of aromatic nitrogens is 1. The first-order valence-electron chi connectivity index (χ1n) is 18.9. The number of aliphatic hydroxyl groups excluding tert-OH is 1. The molecule has 12 atom stereocenters. The summed E-state index contributed by atoms with van der Waals surface area (Å²) in [4.78, 5) is 16.8. The Labute approximate surface area is 288 Å². The fraction of sp³-hybridized carbons (Fsp3) is 0.780. The zero-order chi connectivity index (χ0) is 34.7. The molecule has 0 spiro atoms. The van der Waals surface area contributed by atoms with Crippen molar-refractivity contribution in [2.75, 3.05) is 0 Å². The van der Waals surface area contributed by atoms with Gasteiger partial charge in [0.25, 0.3) is 0 Å². The molecule has 0 bridgehead atoms. The van der Waals surface area contributed by atoms with Crippen molar-refractivity contribution < 1.29 is 24.5 Å². The van der Waals surface area contributed by atoms with Crippen LogP contribution in [0.4, 0.5) is 0 Å². The number of hydrogen-bond donors (Lipinski definition) is 4. The van der Waals surface area contributed by atoms with Crippen LogP contribution >= 0.6 is 0 Å². The van der Waals surface area contributed by atoms with E-state index in [-0.39, 0.29) is 63.4 Å². The molecular weight excluding hydrogens is 600 g/mol. The Balaban J connectivity index is 1.08. The van der Waals surface area contributed by atoms with Crippen LogP contribution in [0.1, 0.15) is 119 Å². The number of ether oxygens (including phenoxy) is 2. The number of carbonyl (C=O) groups excluding carboxylic acids is 1. The maximum Gasteiger partial charge on any atom is 0.323 e. The van der Waals surface area contributed by atoms with Crippen molar-refractivity contribution in [3.63, 3.8) is 0 Å². The van der Waals surface area contributed by atoms with E-state index in [1.54, 1.807) is 0 Å². The van der Waals surface area contributed by atoms with Crippen LogP contribution in [0, 0.1) is 45.3 Å². The highest BCUT2D eigenvalue weighted by Gasteiger charge is 2.72. The number of nitrogens with two attached hydrogens (primary N) is 1. The minimum Gasteiger partial charge on any atom is -0.461 e. The largest absolute Gasteiger partial charge is 0.461 e. The number of aromatic amines is 1. The molecule has 2 heterocycles. The number of benzene rings is 1. The Kier molecular flexibility index (Phi) is 8.12. The first-order chi connectivity index (χ1) is 22.3. The van der Waals surface area contributed by atoms with Crippen LogP contribution in [-0.2, 0) is 20.7 Å². The van der Waals surface area contributed by atoms with Crippen molar-refractivity contribution in [1.29, 1.82) is 0 Å². The second-order valence-electron chi connectivity index (χ2n) is 19.0. The molecule has 266 valence electrons. The van der Waals surface area contributed by atoms with E-state index in [9.17, 15) is 15.0 Å². The van der Waals surface area contributed by atoms with E-state index in [0.29, 0.717) is 18.3 Å². The third-order valence-corrected chi connectivity index (χ3v) is 15.9. The van der Waals surface area contributed by atoms with Crippen LogP contribution < -0.4 is 5.73 Å². The molecule has 1 aliphatic heterocycles. The average Bonchev–Trinajstić information content (AvgIpc) is 3.72. The minimum absolute atomic E-state index is 0.00972. The van der Waals surface area contributed by atoms with E-state index in [1.807, 2.05) is 38.2 Å². The van der Waals surface area contributed by atoms with Crippen molar-refractivity contribution in [2.45, 2.75) is 155 Å². The van der Waals surface area contributed by atoms with Crippen molar-refractivity contribution in [1.82, 2.24) is 4.98 Å². The molecule has 7 nitrogen and oxygen atoms in total. The van der Waals surface area contributed by atoms with E-state index in [0.717, 1.165) is 74.3 Å². The summed E-state index contributed by atoms with van der Waals surface area (Å²) in [6.07, 6.45) is 10.5. The van der Waals surface area contributed by atoms with E-state index < -0.39 is 11.6 Å². The van der Waals surface area contributed by atoms with Gasteiger partial charge in [-0.3, -0.25) is 4.79 Å². The predicted molar refractivity (Wildman–Crippen MR) is 189 cm³/mol. The number of esters is 1. The summed E-state index contributed by atoms with van der Waals surface area (Å²) in [5, 5.41) is 24.1. The molecule has 1 aromatic heterocycles. The standard InChI is InChI=1S/C41H62N2O5/c1-36(2)30-14-19-39(6)31(22-29(44)34-26(13-18-40(34,39)7)41(8)20-16-33(48-41)37(3,4)46)38(30,5)17-15-32(36)47-35(45)27(42)21-24-23-43-28-12-10-9-11-25(24)28/h9-12,23,26-27,29-34,43-44,46H,13-22,42H2,1-8H3/t26-,27-,29+,30-,31+,32-,33-,34-,38-,39+,40+,41-/m0/s1. The molecule has 7 heteroatoms. The Morgan fingerprint density at radius 2 is 1.71 bits per heavy atom. The van der Waals surface area contributed by atoms with Gasteiger partial charge in [-0.15, -0.1) is 0 Å². The monoisotopic (exact) mass is 662 g/mol. The fourth-order valence-corrected chi connectivity index (χ4v) is 13.1. The number of rotatable bonds is 6. The first-order valence-corrected chi connectivity index (χ1v) is 18.9. The molecule has 0 amide bonds. The Morgan fingerprint density at radius 3 is 2.42 bits per heavy atom. The van der Waals surface area contributed by atoms with Gasteiger partial charge in [0.2, 0.25) is 0 Å². The van der Waals surface area contributed by atoms with Gasteiger partial charge in [-0.25, -0.2) is 0 Å². The number of hydrogen-bond acceptors (Lipinski definition) is 6. The normalized spacial score (nSPS) is 44.5. The summed E-state index contributed by atoms with van der Waals surface area (Å²) in [6, 6.07) is 7.39. The smallest absolute Gasteiger partial charge is 0.323 e. The molecule has 48 heavy (non-hydrogen) atoms. The number of carbonyl (C=O) groups is 1. The van der Waals surface area contributed by atoms with E-state index in [1.165, 1.54) is 0 Å². The SMILES string of the molecule is CC(C)(O)[C@@H]1CC[C@@](C)([C@H]2CC[C@]3(C)[C@@H]2[C@H](O)C[C@@H]2[C@@]4(C)CC[C@H](OC(=O)[C@@H](N)Cc5c[nH]c6ccccc56)C(C)(C)[C@@H]4CC[C@]23C)O1. The van der Waals surface area contributed by atoms with Crippen LogP contribution in [-0.4, -0.2) is 56.7 Å². The number of H-pyrrole nitrogens is 1. The molecule has 4 aliphatic carbocycles. The van der Waals surface area contributed by atoms with Crippen LogP contribution in [0.3, 0.4) is 0 Å². The lowest BCUT2D eigenvalue weighted by Crippen LogP contribution is -2.67. The summed E-state index contributed by atoms with van der Waals surface area (Å²) in [7, 11) is 0. The highest BCUT2D eigenvalue weighted by atomic mass is 16.5. The van der Waals surface area contributed by atoms with Crippen molar-refractivity contribution in [2.24, 2.45) is 51.1 Å². The van der Waals surface area contributed by atoms with Gasteiger partial charge in [0.05, 0.1) is 23.4 Å². The van der Waals surface area contributed by atoms with Gasteiger partial charge in [-0.1, -0.05) is 52.8 Å². The molecule has 1 saturated heterocycles. The lowest BCUT2D eigenvalue weighted by Gasteiger charge is -2.70. The van der Waals surface area contributed by atoms with Crippen molar-refractivity contribution >= 4 is 16.9 Å². The van der Waals surface area contributed by atoms with Crippen LogP contribution in [0.5, 0.6) is 0 Å². The van der Waals surface area contributed by atoms with Gasteiger partial charge in [0.1, 0.15) is 12.1 Å². The maximum absolute atomic E-state index is 13.5. The van der Waals surface area contributed by atoms with Crippen LogP contribution in [0.15, 0.2) is 30.5 Å². The van der Waals surface area contributed by atoms with Crippen molar-refractivity contribution in [3.8, 4) is 0 Å². The Morgan fingerprint density at radius 1 is 1.00 bits per heavy atom. The lowest BCUT2D eigenvalue weighted by atomic mass is 9.35. The summed E-state index contributed by atoms with van der Waals surface area (Å²) < 4.78 is 13.1. The molecule has 2 aromatic rings. The van der Waals surface area contributed by atoms with Crippen LogP contribution in [0.2, 0.25) is 0 Å². The second kappa shape index (κ2) is 11.3. The lowest BCUT2D eigenvalue weighted by molar-refractivity contribution is -0.251. The van der Waals surface area contributed by atoms with Gasteiger partial charge in [-0.05, 0) is 130 Å². The van der Waals surface area contributed by atoms with Gasteiger partial charge >= 0.3 is 5.97 Å². The summed E-state index contributed by atoms with van der Waals surface area (Å²) in [5.41, 5.74) is 7.35. The summed E-state index contributed by atoms with van der Waals surface area (Å²) >= 11 is 0. The number of fused-ring (bicyclic) bond motifs is 6. The highest BCUT2D eigenvalue weighted by Crippen LogP contribution is 2.76. The molecule has 4 saturated carbocycles. The van der Waals surface area contributed by atoms with Gasteiger partial charge in [-0.2, -0.15) is 0 Å². The number of nitrogens with one attached hydrogen (secondary N) is 1. The zero-order valence-electron chi connectivity index (χ0n) is 30.8.